The third-order valence-corrected chi connectivity index (χ3v) is 4.94. The van der Waals surface area contributed by atoms with Gasteiger partial charge in [0.05, 0.1) is 24.8 Å². The molecule has 2 heterocycles. The lowest BCUT2D eigenvalue weighted by Gasteiger charge is -2.12. The number of aliphatic imine (C=N–C) groups is 1. The fraction of sp³-hybridized carbons (Fsp3) is 0.706. The molecular weight excluding hydrogens is 490 g/mol. The molecule has 1 aromatic heterocycles. The third-order valence-electron chi connectivity index (χ3n) is 4.09. The molecule has 2 rings (SSSR count). The topological polar surface area (TPSA) is 59.8 Å². The Kier molecular flexibility index (Phi) is 11.9. The van der Waals surface area contributed by atoms with Crippen molar-refractivity contribution in [3.8, 4) is 0 Å². The minimum Gasteiger partial charge on any atom is -0.381 e. The lowest BCUT2D eigenvalue weighted by Crippen LogP contribution is -2.38. The summed E-state index contributed by atoms with van der Waals surface area (Å²) in [5.74, 6) is 1.34. The molecule has 0 aliphatic carbocycles. The van der Waals surface area contributed by atoms with E-state index in [1.807, 2.05) is 24.6 Å². The van der Waals surface area contributed by atoms with E-state index in [4.69, 9.17) is 32.7 Å². The highest BCUT2D eigenvalue weighted by Gasteiger charge is 2.15. The Balaban J connectivity index is 0.00000338. The lowest BCUT2D eigenvalue weighted by atomic mass is 10.1. The van der Waals surface area contributed by atoms with Crippen molar-refractivity contribution in [2.24, 2.45) is 18.0 Å². The van der Waals surface area contributed by atoms with Gasteiger partial charge >= 0.3 is 0 Å². The molecule has 0 saturated carbocycles. The van der Waals surface area contributed by atoms with Crippen molar-refractivity contribution in [2.75, 3.05) is 39.5 Å². The Hall–Kier alpha value is -0.220. The summed E-state index contributed by atoms with van der Waals surface area (Å²) in [4.78, 5) is 4.58. The largest absolute Gasteiger partial charge is 0.381 e. The number of ether oxygens (including phenoxy) is 2. The molecule has 0 bridgehead atoms. The van der Waals surface area contributed by atoms with Crippen molar-refractivity contribution < 1.29 is 9.47 Å². The van der Waals surface area contributed by atoms with Crippen LogP contribution in [0.4, 0.5) is 0 Å². The number of hydrogen-bond donors (Lipinski definition) is 2. The molecule has 1 atom stereocenters. The van der Waals surface area contributed by atoms with E-state index in [0.717, 1.165) is 64.0 Å². The van der Waals surface area contributed by atoms with Crippen molar-refractivity contribution in [3.63, 3.8) is 0 Å². The van der Waals surface area contributed by atoms with Gasteiger partial charge in [0.15, 0.2) is 5.96 Å². The fourth-order valence-electron chi connectivity index (χ4n) is 2.59. The molecule has 1 aliphatic heterocycles. The van der Waals surface area contributed by atoms with Gasteiger partial charge in [0.25, 0.3) is 0 Å². The first kappa shape index (κ1) is 23.8. The minimum atomic E-state index is 0. The van der Waals surface area contributed by atoms with Crippen LogP contribution in [0.3, 0.4) is 0 Å². The van der Waals surface area contributed by atoms with Gasteiger partial charge in [-0.3, -0.25) is 0 Å². The Bertz CT molecular complexity index is 563. The minimum absolute atomic E-state index is 0. The van der Waals surface area contributed by atoms with Gasteiger partial charge in [0.1, 0.15) is 5.15 Å². The van der Waals surface area contributed by atoms with Crippen molar-refractivity contribution in [2.45, 2.75) is 26.3 Å². The number of guanidine groups is 1. The van der Waals surface area contributed by atoms with Crippen LogP contribution in [0.25, 0.3) is 0 Å². The molecule has 0 spiro atoms. The molecule has 1 aromatic rings. The van der Waals surface area contributed by atoms with Crippen LogP contribution < -0.4 is 10.6 Å². The first-order valence-corrected chi connectivity index (χ1v) is 9.54. The summed E-state index contributed by atoms with van der Waals surface area (Å²) in [6.07, 6.45) is 2.04. The molecule has 26 heavy (non-hydrogen) atoms. The molecule has 150 valence electrons. The van der Waals surface area contributed by atoms with Crippen LogP contribution in [0.5, 0.6) is 0 Å². The highest BCUT2D eigenvalue weighted by molar-refractivity contribution is 14.0. The number of halogens is 3. The van der Waals surface area contributed by atoms with E-state index in [0.29, 0.717) is 22.6 Å². The van der Waals surface area contributed by atoms with Crippen LogP contribution in [0.2, 0.25) is 10.2 Å². The fourth-order valence-corrected chi connectivity index (χ4v) is 3.00. The van der Waals surface area contributed by atoms with Crippen molar-refractivity contribution in [3.05, 3.63) is 21.9 Å². The second-order valence-electron chi connectivity index (χ2n) is 6.11. The van der Waals surface area contributed by atoms with E-state index < -0.39 is 0 Å². The SMILES string of the molecule is CCNC(=NCc1cc(Cl)c(Cl)n1C)NCCCOCC1CCOC1.I. The maximum absolute atomic E-state index is 6.08. The standard InChI is InChI=1S/C17H28Cl2N4O2.HI/c1-3-20-17(22-10-14-9-15(18)16(19)23(14)2)21-6-4-7-24-11-13-5-8-25-12-13;/h9,13H,3-8,10-12H2,1-2H3,(H2,20,21,22);1H. The Morgan fingerprint density at radius 2 is 2.23 bits per heavy atom. The highest BCUT2D eigenvalue weighted by atomic mass is 127. The van der Waals surface area contributed by atoms with Crippen LogP contribution in [-0.2, 0) is 23.1 Å². The summed E-state index contributed by atoms with van der Waals surface area (Å²) in [6.45, 7) is 7.41. The average Bonchev–Trinajstić information content (AvgIpc) is 3.20. The summed E-state index contributed by atoms with van der Waals surface area (Å²) >= 11 is 12.1. The smallest absolute Gasteiger partial charge is 0.191 e. The summed E-state index contributed by atoms with van der Waals surface area (Å²) in [6, 6.07) is 1.84. The Morgan fingerprint density at radius 1 is 1.42 bits per heavy atom. The van der Waals surface area contributed by atoms with Crippen LogP contribution in [0.1, 0.15) is 25.5 Å². The van der Waals surface area contributed by atoms with Gasteiger partial charge in [-0.2, -0.15) is 0 Å². The lowest BCUT2D eigenvalue weighted by molar-refractivity contribution is 0.0888. The van der Waals surface area contributed by atoms with E-state index in [1.165, 1.54) is 0 Å². The van der Waals surface area contributed by atoms with Gasteiger partial charge in [-0.15, -0.1) is 24.0 Å². The molecule has 0 radical (unpaired) electrons. The number of nitrogens with zero attached hydrogens (tertiary/aromatic N) is 2. The van der Waals surface area contributed by atoms with Gasteiger partial charge in [0.2, 0.25) is 0 Å². The third kappa shape index (κ3) is 7.80. The maximum Gasteiger partial charge on any atom is 0.191 e. The van der Waals surface area contributed by atoms with Crippen LogP contribution in [-0.4, -0.2) is 50.0 Å². The summed E-state index contributed by atoms with van der Waals surface area (Å²) in [5.41, 5.74) is 0.967. The molecule has 9 heteroatoms. The molecule has 1 fully saturated rings. The van der Waals surface area contributed by atoms with Crippen molar-refractivity contribution in [1.82, 2.24) is 15.2 Å². The first-order valence-electron chi connectivity index (χ1n) is 8.79. The Labute approximate surface area is 183 Å². The second-order valence-corrected chi connectivity index (χ2v) is 6.88. The molecule has 1 unspecified atom stereocenters. The van der Waals surface area contributed by atoms with E-state index in [2.05, 4.69) is 15.6 Å². The van der Waals surface area contributed by atoms with Crippen LogP contribution in [0, 0.1) is 5.92 Å². The summed E-state index contributed by atoms with van der Waals surface area (Å²) in [5, 5.41) is 7.64. The summed E-state index contributed by atoms with van der Waals surface area (Å²) in [7, 11) is 1.88. The van der Waals surface area contributed by atoms with Gasteiger partial charge in [-0.05, 0) is 25.8 Å². The number of hydrogen-bond acceptors (Lipinski definition) is 3. The van der Waals surface area contributed by atoms with E-state index in [9.17, 15) is 0 Å². The monoisotopic (exact) mass is 518 g/mol. The molecule has 2 N–H and O–H groups in total. The average molecular weight is 519 g/mol. The number of nitrogens with one attached hydrogen (secondary N) is 2. The van der Waals surface area contributed by atoms with Gasteiger partial charge in [-0.25, -0.2) is 4.99 Å². The zero-order valence-corrected chi connectivity index (χ0v) is 19.2. The van der Waals surface area contributed by atoms with Crippen LogP contribution >= 0.6 is 47.2 Å². The van der Waals surface area contributed by atoms with Crippen molar-refractivity contribution >= 4 is 53.1 Å². The summed E-state index contributed by atoms with van der Waals surface area (Å²) < 4.78 is 12.9. The van der Waals surface area contributed by atoms with E-state index in [1.54, 1.807) is 0 Å². The number of aromatic nitrogens is 1. The first-order chi connectivity index (χ1) is 12.1. The predicted octanol–water partition coefficient (Wildman–Crippen LogP) is 3.45. The quantitative estimate of drug-likeness (QED) is 0.227. The normalized spacial score (nSPS) is 17.2. The maximum atomic E-state index is 6.08. The number of rotatable bonds is 9. The predicted molar refractivity (Wildman–Crippen MR) is 118 cm³/mol. The van der Waals surface area contributed by atoms with E-state index in [-0.39, 0.29) is 24.0 Å². The molecule has 0 amide bonds. The molecular formula is C17H29Cl2IN4O2. The second kappa shape index (κ2) is 13.0. The zero-order valence-electron chi connectivity index (χ0n) is 15.4. The Morgan fingerprint density at radius 3 is 2.85 bits per heavy atom. The molecule has 6 nitrogen and oxygen atoms in total. The molecule has 1 aliphatic rings. The van der Waals surface area contributed by atoms with Gasteiger partial charge in [0, 0.05) is 45.0 Å². The van der Waals surface area contributed by atoms with Gasteiger partial charge in [-0.1, -0.05) is 23.2 Å². The van der Waals surface area contributed by atoms with Crippen molar-refractivity contribution in [1.29, 1.82) is 0 Å². The van der Waals surface area contributed by atoms with E-state index >= 15 is 0 Å². The zero-order chi connectivity index (χ0) is 18.1. The molecule has 0 aromatic carbocycles. The highest BCUT2D eigenvalue weighted by Crippen LogP contribution is 2.25. The van der Waals surface area contributed by atoms with Crippen LogP contribution in [0.15, 0.2) is 11.1 Å². The van der Waals surface area contributed by atoms with Gasteiger partial charge < -0.3 is 24.7 Å². The molecule has 1 saturated heterocycles.